The van der Waals surface area contributed by atoms with Crippen molar-refractivity contribution in [3.63, 3.8) is 0 Å². The third-order valence-corrected chi connectivity index (χ3v) is 2.21. The summed E-state index contributed by atoms with van der Waals surface area (Å²) in [6.07, 6.45) is 0. The van der Waals surface area contributed by atoms with Crippen molar-refractivity contribution in [1.82, 2.24) is 10.2 Å². The van der Waals surface area contributed by atoms with E-state index in [4.69, 9.17) is 16.0 Å². The Kier molecular flexibility index (Phi) is 3.42. The van der Waals surface area contributed by atoms with E-state index in [-0.39, 0.29) is 11.9 Å². The number of nitrogens with one attached hydrogen (secondary N) is 1. The Morgan fingerprint density at radius 1 is 1.22 bits per heavy atom. The molecule has 1 unspecified atom stereocenters. The zero-order valence-electron chi connectivity index (χ0n) is 9.05. The van der Waals surface area contributed by atoms with Crippen molar-refractivity contribution >= 4 is 23.3 Å². The first-order valence-electron chi connectivity index (χ1n) is 4.86. The van der Waals surface area contributed by atoms with Gasteiger partial charge in [0.15, 0.2) is 11.6 Å². The van der Waals surface area contributed by atoms with Crippen molar-refractivity contribution in [2.24, 2.45) is 0 Å². The van der Waals surface area contributed by atoms with Gasteiger partial charge in [0.2, 0.25) is 5.89 Å². The van der Waals surface area contributed by atoms with Crippen LogP contribution in [-0.4, -0.2) is 10.2 Å². The summed E-state index contributed by atoms with van der Waals surface area (Å²) in [7, 11) is 0. The summed E-state index contributed by atoms with van der Waals surface area (Å²) in [5, 5.41) is 8.75. The van der Waals surface area contributed by atoms with Gasteiger partial charge < -0.3 is 9.73 Å². The van der Waals surface area contributed by atoms with Crippen LogP contribution in [0.1, 0.15) is 18.2 Å². The van der Waals surface area contributed by atoms with E-state index in [0.29, 0.717) is 12.1 Å². The monoisotopic (exact) mass is 277 g/mol. The minimum Gasteiger partial charge on any atom is -0.406 e. The van der Waals surface area contributed by atoms with E-state index in [1.807, 2.05) is 0 Å². The quantitative estimate of drug-likeness (QED) is 0.872. The first kappa shape index (κ1) is 12.7. The lowest BCUT2D eigenvalue weighted by atomic mass is 10.3. The molecule has 0 radical (unpaired) electrons. The highest BCUT2D eigenvalue weighted by Crippen LogP contribution is 2.25. The average molecular weight is 278 g/mol. The lowest BCUT2D eigenvalue weighted by Crippen LogP contribution is -1.98. The van der Waals surface area contributed by atoms with E-state index >= 15 is 0 Å². The van der Waals surface area contributed by atoms with Crippen molar-refractivity contribution in [2.45, 2.75) is 12.3 Å². The van der Waals surface area contributed by atoms with Crippen LogP contribution in [0.2, 0.25) is 0 Å². The topological polar surface area (TPSA) is 51.0 Å². The van der Waals surface area contributed by atoms with Crippen LogP contribution < -0.4 is 5.32 Å². The second-order valence-corrected chi connectivity index (χ2v) is 4.09. The van der Waals surface area contributed by atoms with E-state index in [1.54, 1.807) is 6.92 Å². The molecule has 1 aromatic carbocycles. The molecule has 96 valence electrons. The molecule has 0 fully saturated rings. The fourth-order valence-corrected chi connectivity index (χ4v) is 1.30. The van der Waals surface area contributed by atoms with Crippen molar-refractivity contribution in [3.8, 4) is 0 Å². The van der Waals surface area contributed by atoms with Gasteiger partial charge in [-0.3, -0.25) is 0 Å². The maximum atomic E-state index is 13.3. The highest BCUT2D eigenvalue weighted by atomic mass is 35.5. The first-order chi connectivity index (χ1) is 8.47. The zero-order chi connectivity index (χ0) is 13.3. The summed E-state index contributed by atoms with van der Waals surface area (Å²) < 4.78 is 44.3. The average Bonchev–Trinajstić information content (AvgIpc) is 2.71. The van der Waals surface area contributed by atoms with Gasteiger partial charge in [-0.05, 0) is 6.92 Å². The van der Waals surface area contributed by atoms with Crippen molar-refractivity contribution in [2.75, 3.05) is 5.32 Å². The molecule has 18 heavy (non-hydrogen) atoms. The lowest BCUT2D eigenvalue weighted by Gasteiger charge is -2.04. The molecule has 0 aliphatic carbocycles. The van der Waals surface area contributed by atoms with E-state index < -0.39 is 28.5 Å². The number of alkyl halides is 1. The second-order valence-electron chi connectivity index (χ2n) is 3.43. The SMILES string of the molecule is CC(Cl)c1nnc(Nc2c(F)cc(F)cc2F)o1. The molecule has 0 amide bonds. The molecule has 1 N–H and O–H groups in total. The van der Waals surface area contributed by atoms with Gasteiger partial charge >= 0.3 is 6.01 Å². The zero-order valence-corrected chi connectivity index (χ0v) is 9.80. The minimum absolute atomic E-state index is 0.0992. The molecule has 8 heteroatoms. The molecular weight excluding hydrogens is 271 g/mol. The molecule has 0 aliphatic heterocycles. The maximum Gasteiger partial charge on any atom is 0.320 e. The van der Waals surface area contributed by atoms with Crippen LogP contribution in [0.15, 0.2) is 16.5 Å². The van der Waals surface area contributed by atoms with Gasteiger partial charge in [-0.2, -0.15) is 0 Å². The van der Waals surface area contributed by atoms with E-state index in [1.165, 1.54) is 0 Å². The molecule has 0 saturated carbocycles. The van der Waals surface area contributed by atoms with E-state index in [2.05, 4.69) is 15.5 Å². The second kappa shape index (κ2) is 4.85. The lowest BCUT2D eigenvalue weighted by molar-refractivity contribution is 0.505. The predicted octanol–water partition coefficient (Wildman–Crippen LogP) is 3.53. The molecule has 2 aromatic rings. The van der Waals surface area contributed by atoms with Gasteiger partial charge in [-0.25, -0.2) is 13.2 Å². The fraction of sp³-hybridized carbons (Fsp3) is 0.200. The van der Waals surface area contributed by atoms with Crippen LogP contribution in [0, 0.1) is 17.5 Å². The van der Waals surface area contributed by atoms with E-state index in [9.17, 15) is 13.2 Å². The van der Waals surface area contributed by atoms with Gasteiger partial charge in [-0.15, -0.1) is 16.7 Å². The van der Waals surface area contributed by atoms with E-state index in [0.717, 1.165) is 0 Å². The molecule has 0 aliphatic rings. The van der Waals surface area contributed by atoms with Gasteiger partial charge in [-0.1, -0.05) is 5.10 Å². The predicted molar refractivity (Wildman–Crippen MR) is 58.2 cm³/mol. The molecule has 0 saturated heterocycles. The standard InChI is InChI=1S/C10H7ClF3N3O/c1-4(11)9-16-17-10(18-9)15-8-6(13)2-5(12)3-7(8)14/h2-4H,1H3,(H,15,17). The highest BCUT2D eigenvalue weighted by Gasteiger charge is 2.16. The summed E-state index contributed by atoms with van der Waals surface area (Å²) in [5.74, 6) is -3.13. The Morgan fingerprint density at radius 3 is 2.33 bits per heavy atom. The summed E-state index contributed by atoms with van der Waals surface area (Å²) in [6.45, 7) is 1.60. The van der Waals surface area contributed by atoms with Gasteiger partial charge in [0.05, 0.1) is 0 Å². The van der Waals surface area contributed by atoms with Crippen LogP contribution in [0.4, 0.5) is 24.9 Å². The number of aromatic nitrogens is 2. The Morgan fingerprint density at radius 2 is 1.83 bits per heavy atom. The molecule has 2 rings (SSSR count). The van der Waals surface area contributed by atoms with Crippen LogP contribution in [-0.2, 0) is 0 Å². The number of rotatable bonds is 3. The number of nitrogens with zero attached hydrogens (tertiary/aromatic N) is 2. The first-order valence-corrected chi connectivity index (χ1v) is 5.30. The van der Waals surface area contributed by atoms with Crippen LogP contribution in [0.5, 0.6) is 0 Å². The molecule has 1 heterocycles. The molecule has 1 atom stereocenters. The maximum absolute atomic E-state index is 13.3. The van der Waals surface area contributed by atoms with Crippen LogP contribution in [0.25, 0.3) is 0 Å². The summed E-state index contributed by atoms with van der Waals surface area (Å²) >= 11 is 5.68. The van der Waals surface area contributed by atoms with Gasteiger partial charge in [0.25, 0.3) is 0 Å². The number of anilines is 2. The Balaban J connectivity index is 2.28. The normalized spacial score (nSPS) is 12.5. The molecule has 0 bridgehead atoms. The minimum atomic E-state index is -1.11. The highest BCUT2D eigenvalue weighted by molar-refractivity contribution is 6.20. The van der Waals surface area contributed by atoms with Crippen LogP contribution in [0.3, 0.4) is 0 Å². The third kappa shape index (κ3) is 2.56. The number of halogens is 4. The molecule has 0 spiro atoms. The summed E-state index contributed by atoms with van der Waals surface area (Å²) in [6, 6.07) is 0.835. The number of hydrogen-bond donors (Lipinski definition) is 1. The summed E-state index contributed by atoms with van der Waals surface area (Å²) in [5.41, 5.74) is -0.575. The Bertz CT molecular complexity index is 550. The summed E-state index contributed by atoms with van der Waals surface area (Å²) in [4.78, 5) is 0. The third-order valence-electron chi connectivity index (χ3n) is 2.02. The smallest absolute Gasteiger partial charge is 0.320 e. The fourth-order valence-electron chi connectivity index (χ4n) is 1.21. The largest absolute Gasteiger partial charge is 0.406 e. The van der Waals surface area contributed by atoms with Gasteiger partial charge in [0, 0.05) is 12.1 Å². The molecule has 4 nitrogen and oxygen atoms in total. The number of hydrogen-bond acceptors (Lipinski definition) is 4. The van der Waals surface area contributed by atoms with Crippen molar-refractivity contribution in [3.05, 3.63) is 35.5 Å². The van der Waals surface area contributed by atoms with Crippen molar-refractivity contribution < 1.29 is 17.6 Å². The Labute approximate surface area is 105 Å². The van der Waals surface area contributed by atoms with Crippen LogP contribution >= 0.6 is 11.6 Å². The van der Waals surface area contributed by atoms with Gasteiger partial charge in [0.1, 0.15) is 16.9 Å². The molecular formula is C10H7ClF3N3O. The Hall–Kier alpha value is -1.76. The van der Waals surface area contributed by atoms with Crippen molar-refractivity contribution in [1.29, 1.82) is 0 Å². The molecule has 1 aromatic heterocycles. The number of benzene rings is 1.